The summed E-state index contributed by atoms with van der Waals surface area (Å²) in [6, 6.07) is 8.50. The summed E-state index contributed by atoms with van der Waals surface area (Å²) >= 11 is 6.51. The van der Waals surface area contributed by atoms with Crippen molar-refractivity contribution in [2.24, 2.45) is 0 Å². The van der Waals surface area contributed by atoms with Gasteiger partial charge in [-0.1, -0.05) is 24.6 Å². The molecule has 5 rings (SSSR count). The number of benzene rings is 2. The largest absolute Gasteiger partial charge is 0.441 e. The van der Waals surface area contributed by atoms with Crippen molar-refractivity contribution in [2.45, 2.75) is 45.7 Å². The number of aryl methyl sites for hydroxylation is 1. The molecule has 0 saturated heterocycles. The Morgan fingerprint density at radius 2 is 2.11 bits per heavy atom. The molecular formula is C25H23ClFN5O3. The fourth-order valence-corrected chi connectivity index (χ4v) is 4.99. The van der Waals surface area contributed by atoms with Gasteiger partial charge in [-0.15, -0.1) is 0 Å². The van der Waals surface area contributed by atoms with Crippen molar-refractivity contribution in [3.05, 3.63) is 74.7 Å². The fraction of sp³-hybridized carbons (Fsp3) is 0.280. The molecule has 35 heavy (non-hydrogen) atoms. The monoisotopic (exact) mass is 495 g/mol. The van der Waals surface area contributed by atoms with E-state index < -0.39 is 17.9 Å². The number of hydrogen-bond acceptors (Lipinski definition) is 5. The number of halogens is 2. The van der Waals surface area contributed by atoms with E-state index in [2.05, 4.69) is 20.5 Å². The molecule has 2 aromatic carbocycles. The smallest absolute Gasteiger partial charge is 0.322 e. The van der Waals surface area contributed by atoms with Crippen LogP contribution in [-0.4, -0.2) is 32.2 Å². The van der Waals surface area contributed by atoms with Gasteiger partial charge in [-0.3, -0.25) is 4.79 Å². The third-order valence-corrected chi connectivity index (χ3v) is 6.71. The molecule has 0 fully saturated rings. The number of carbonyl (C=O) groups is 1. The summed E-state index contributed by atoms with van der Waals surface area (Å²) in [6.45, 7) is 5.55. The highest BCUT2D eigenvalue weighted by Gasteiger charge is 2.36. The van der Waals surface area contributed by atoms with E-state index in [9.17, 15) is 9.59 Å². The summed E-state index contributed by atoms with van der Waals surface area (Å²) < 4.78 is 20.6. The van der Waals surface area contributed by atoms with Gasteiger partial charge in [0.2, 0.25) is 0 Å². The Morgan fingerprint density at radius 1 is 1.31 bits per heavy atom. The third-order valence-electron chi connectivity index (χ3n) is 6.39. The standard InChI is InChI=1S/C25H23ClFN5O3/c1-4-16-7-15-9-23(33)30-31-24(15)12(2)32(16)25(34)29-20-11-18(26)17(10-19(20)27)14-5-6-22-21(8-14)28-13(3)35-22/h5-6,8-12,16H,4,7H2,1-3H3,(H,29,34)(H,30,33). The van der Waals surface area contributed by atoms with Gasteiger partial charge >= 0.3 is 6.03 Å². The predicted molar refractivity (Wildman–Crippen MR) is 131 cm³/mol. The molecule has 2 atom stereocenters. The lowest BCUT2D eigenvalue weighted by Gasteiger charge is -2.40. The van der Waals surface area contributed by atoms with Crippen LogP contribution < -0.4 is 10.9 Å². The zero-order valence-corrected chi connectivity index (χ0v) is 20.1. The molecule has 0 aliphatic carbocycles. The van der Waals surface area contributed by atoms with Crippen LogP contribution in [-0.2, 0) is 6.42 Å². The van der Waals surface area contributed by atoms with E-state index in [0.717, 1.165) is 5.56 Å². The van der Waals surface area contributed by atoms with E-state index in [4.69, 9.17) is 16.0 Å². The lowest BCUT2D eigenvalue weighted by molar-refractivity contribution is 0.145. The van der Waals surface area contributed by atoms with Crippen LogP contribution >= 0.6 is 11.6 Å². The van der Waals surface area contributed by atoms with Gasteiger partial charge < -0.3 is 14.6 Å². The molecule has 2 unspecified atom stereocenters. The molecule has 0 spiro atoms. The zero-order chi connectivity index (χ0) is 24.9. The van der Waals surface area contributed by atoms with Gasteiger partial charge in [0.05, 0.1) is 22.4 Å². The first-order chi connectivity index (χ1) is 16.7. The van der Waals surface area contributed by atoms with Gasteiger partial charge in [0.15, 0.2) is 11.5 Å². The van der Waals surface area contributed by atoms with Gasteiger partial charge in [0.1, 0.15) is 11.3 Å². The SMILES string of the molecule is CCC1Cc2cc(=O)[nH]nc2C(C)N1C(=O)Nc1cc(Cl)c(-c2ccc3oc(C)nc3c2)cc1F. The molecule has 2 amide bonds. The first kappa shape index (κ1) is 23.0. The maximum atomic E-state index is 15.1. The summed E-state index contributed by atoms with van der Waals surface area (Å²) in [5, 5.41) is 9.52. The number of aromatic nitrogens is 3. The van der Waals surface area contributed by atoms with Gasteiger partial charge in [-0.2, -0.15) is 5.10 Å². The van der Waals surface area contributed by atoms with Crippen LogP contribution in [0.3, 0.4) is 0 Å². The third kappa shape index (κ3) is 4.16. The normalized spacial score (nSPS) is 17.5. The topological polar surface area (TPSA) is 104 Å². The summed E-state index contributed by atoms with van der Waals surface area (Å²) in [4.78, 5) is 30.9. The number of nitrogens with one attached hydrogen (secondary N) is 2. The number of oxazole rings is 1. The Morgan fingerprint density at radius 3 is 2.89 bits per heavy atom. The Kier molecular flexibility index (Phi) is 5.80. The minimum Gasteiger partial charge on any atom is -0.441 e. The average molecular weight is 496 g/mol. The fourth-order valence-electron chi connectivity index (χ4n) is 4.71. The lowest BCUT2D eigenvalue weighted by Crippen LogP contribution is -2.49. The number of nitrogens with zero attached hydrogens (tertiary/aromatic N) is 3. The molecule has 10 heteroatoms. The van der Waals surface area contributed by atoms with Crippen molar-refractivity contribution in [1.82, 2.24) is 20.1 Å². The Hall–Kier alpha value is -3.72. The number of rotatable bonds is 3. The molecular weight excluding hydrogens is 473 g/mol. The van der Waals surface area contributed by atoms with Crippen molar-refractivity contribution in [1.29, 1.82) is 0 Å². The second kappa shape index (κ2) is 8.81. The van der Waals surface area contributed by atoms with Crippen molar-refractivity contribution >= 4 is 34.4 Å². The first-order valence-corrected chi connectivity index (χ1v) is 11.7. The molecule has 2 N–H and O–H groups in total. The summed E-state index contributed by atoms with van der Waals surface area (Å²) in [5.41, 5.74) is 3.57. The van der Waals surface area contributed by atoms with Crippen molar-refractivity contribution in [2.75, 3.05) is 5.32 Å². The lowest BCUT2D eigenvalue weighted by atomic mass is 9.92. The van der Waals surface area contributed by atoms with Crippen molar-refractivity contribution in [3.63, 3.8) is 0 Å². The molecule has 180 valence electrons. The molecule has 0 bridgehead atoms. The molecule has 8 nitrogen and oxygen atoms in total. The van der Waals surface area contributed by atoms with Gasteiger partial charge in [0, 0.05) is 24.6 Å². The zero-order valence-electron chi connectivity index (χ0n) is 19.4. The predicted octanol–water partition coefficient (Wildman–Crippen LogP) is 5.61. The minimum atomic E-state index is -0.616. The van der Waals surface area contributed by atoms with E-state index in [-0.39, 0.29) is 22.3 Å². The Bertz CT molecular complexity index is 1520. The number of anilines is 1. The van der Waals surface area contributed by atoms with E-state index in [1.54, 1.807) is 30.0 Å². The van der Waals surface area contributed by atoms with Crippen molar-refractivity contribution < 1.29 is 13.6 Å². The number of urea groups is 1. The van der Waals surface area contributed by atoms with Gasteiger partial charge in [-0.25, -0.2) is 19.3 Å². The number of amides is 2. The molecule has 4 aromatic rings. The second-order valence-electron chi connectivity index (χ2n) is 8.65. The van der Waals surface area contributed by atoms with Crippen LogP contribution in [0.25, 0.3) is 22.2 Å². The van der Waals surface area contributed by atoms with Crippen LogP contribution in [0.4, 0.5) is 14.9 Å². The summed E-state index contributed by atoms with van der Waals surface area (Å²) in [7, 11) is 0. The summed E-state index contributed by atoms with van der Waals surface area (Å²) in [6.07, 6.45) is 1.16. The van der Waals surface area contributed by atoms with Crippen LogP contribution in [0.2, 0.25) is 5.02 Å². The Labute approximate surface area is 205 Å². The average Bonchev–Trinajstić information content (AvgIpc) is 3.19. The molecule has 0 radical (unpaired) electrons. The Balaban J connectivity index is 1.43. The van der Waals surface area contributed by atoms with Gasteiger partial charge in [-0.05, 0) is 55.2 Å². The minimum absolute atomic E-state index is 0.0237. The number of fused-ring (bicyclic) bond motifs is 2. The highest BCUT2D eigenvalue weighted by atomic mass is 35.5. The number of H-pyrrole nitrogens is 1. The number of hydrogen-bond donors (Lipinski definition) is 2. The maximum Gasteiger partial charge on any atom is 0.322 e. The second-order valence-corrected chi connectivity index (χ2v) is 9.06. The molecule has 1 aliphatic heterocycles. The number of aromatic amines is 1. The molecule has 1 aliphatic rings. The van der Waals surface area contributed by atoms with Crippen LogP contribution in [0.5, 0.6) is 0 Å². The maximum absolute atomic E-state index is 15.1. The molecule has 2 aromatic heterocycles. The van der Waals surface area contributed by atoms with Crippen LogP contribution in [0.1, 0.15) is 43.5 Å². The van der Waals surface area contributed by atoms with Crippen LogP contribution in [0, 0.1) is 12.7 Å². The van der Waals surface area contributed by atoms with E-state index in [1.807, 2.05) is 13.8 Å². The first-order valence-electron chi connectivity index (χ1n) is 11.3. The quantitative estimate of drug-likeness (QED) is 0.384. The number of carbonyl (C=O) groups excluding carboxylic acids is 1. The molecule has 3 heterocycles. The van der Waals surface area contributed by atoms with E-state index in [1.165, 1.54) is 18.2 Å². The van der Waals surface area contributed by atoms with Crippen LogP contribution in [0.15, 0.2) is 45.6 Å². The van der Waals surface area contributed by atoms with E-state index in [0.29, 0.717) is 46.7 Å². The van der Waals surface area contributed by atoms with Crippen molar-refractivity contribution in [3.8, 4) is 11.1 Å². The highest BCUT2D eigenvalue weighted by molar-refractivity contribution is 6.33. The highest BCUT2D eigenvalue weighted by Crippen LogP contribution is 2.36. The van der Waals surface area contributed by atoms with Gasteiger partial charge in [0.25, 0.3) is 5.56 Å². The summed E-state index contributed by atoms with van der Waals surface area (Å²) in [5.74, 6) is -0.0799. The van der Waals surface area contributed by atoms with E-state index >= 15 is 4.39 Å². The molecule has 0 saturated carbocycles.